The number of anilines is 2. The second-order valence-corrected chi connectivity index (χ2v) is 15.8. The smallest absolute Gasteiger partial charge is 0.269 e. The van der Waals surface area contributed by atoms with Gasteiger partial charge in [0.15, 0.2) is 5.60 Å². The number of ether oxygens (including phenoxy) is 1. The van der Waals surface area contributed by atoms with Crippen LogP contribution in [-0.2, 0) is 26.5 Å². The molecule has 1 N–H and O–H groups in total. The van der Waals surface area contributed by atoms with Crippen LogP contribution in [0.15, 0.2) is 42.5 Å². The van der Waals surface area contributed by atoms with Crippen LogP contribution in [0.1, 0.15) is 56.6 Å². The first-order chi connectivity index (χ1) is 19.5. The standard InChI is InChI=1S/C30H38FN3O6Si/c1-20-28(41(2,3)31)26(14-16-35)40-30(20)24-18-23(34(38)39)12-13-25(24)33(29(30)37)19-21-9-8-10-22(17-21)32-15-7-5-4-6-11-27(32)36/h8-10,12-13,17-18,20,26,28,35H,4-7,11,14-16,19H2,1-3H3/t20-,26+,28-,30+/m0/s1. The lowest BCUT2D eigenvalue weighted by atomic mass is 9.82. The lowest BCUT2D eigenvalue weighted by molar-refractivity contribution is -0.385. The Bertz CT molecular complexity index is 1350. The second-order valence-electron chi connectivity index (χ2n) is 12.0. The summed E-state index contributed by atoms with van der Waals surface area (Å²) >= 11 is 0. The van der Waals surface area contributed by atoms with Crippen LogP contribution < -0.4 is 9.80 Å². The molecule has 0 aliphatic carbocycles. The number of non-ortho nitro benzene ring substituents is 1. The monoisotopic (exact) mass is 583 g/mol. The van der Waals surface area contributed by atoms with E-state index in [2.05, 4.69) is 0 Å². The van der Waals surface area contributed by atoms with E-state index in [-0.39, 0.29) is 31.2 Å². The number of hydrogen-bond donors (Lipinski definition) is 1. The molecule has 3 aliphatic heterocycles. The van der Waals surface area contributed by atoms with Gasteiger partial charge in [-0.1, -0.05) is 31.9 Å². The summed E-state index contributed by atoms with van der Waals surface area (Å²) in [6.07, 6.45) is 3.90. The molecule has 0 bridgehead atoms. The van der Waals surface area contributed by atoms with E-state index in [9.17, 15) is 24.8 Å². The molecule has 0 unspecified atom stereocenters. The Hall–Kier alpha value is -3.15. The van der Waals surface area contributed by atoms with E-state index < -0.39 is 42.4 Å². The minimum atomic E-state index is -3.38. The van der Waals surface area contributed by atoms with Gasteiger partial charge in [-0.3, -0.25) is 19.7 Å². The largest absolute Gasteiger partial charge is 0.396 e. The number of rotatable bonds is 7. The number of halogens is 1. The Kier molecular flexibility index (Phi) is 8.06. The minimum Gasteiger partial charge on any atom is -0.396 e. The molecule has 1 spiro atoms. The topological polar surface area (TPSA) is 113 Å². The normalized spacial score (nSPS) is 26.8. The third kappa shape index (κ3) is 5.19. The number of benzene rings is 2. The van der Waals surface area contributed by atoms with Crippen molar-refractivity contribution in [2.24, 2.45) is 5.92 Å². The Morgan fingerprint density at radius 1 is 1.15 bits per heavy atom. The van der Waals surface area contributed by atoms with Crippen LogP contribution in [0.4, 0.5) is 21.2 Å². The Labute approximate surface area is 240 Å². The number of aliphatic hydroxyl groups is 1. The summed E-state index contributed by atoms with van der Waals surface area (Å²) in [6.45, 7) is 5.50. The zero-order valence-electron chi connectivity index (χ0n) is 23.8. The number of nitro groups is 1. The van der Waals surface area contributed by atoms with Crippen molar-refractivity contribution < 1.29 is 28.5 Å². The zero-order chi connectivity index (χ0) is 29.5. The maximum Gasteiger partial charge on any atom is 0.269 e. The average Bonchev–Trinajstić information content (AvgIpc) is 3.33. The molecule has 2 fully saturated rings. The van der Waals surface area contributed by atoms with Crippen LogP contribution in [0.2, 0.25) is 18.6 Å². The summed E-state index contributed by atoms with van der Waals surface area (Å²) in [5.41, 5.74) is 0.0561. The molecule has 2 amide bonds. The highest BCUT2D eigenvalue weighted by Gasteiger charge is 2.66. The average molecular weight is 584 g/mol. The Balaban J connectivity index is 1.55. The molecule has 4 atom stereocenters. The quantitative estimate of drug-likeness (QED) is 0.197. The maximum absolute atomic E-state index is 15.7. The van der Waals surface area contributed by atoms with Gasteiger partial charge in [-0.05, 0) is 56.1 Å². The molecule has 0 saturated carbocycles. The third-order valence-electron chi connectivity index (χ3n) is 8.96. The number of carbonyl (C=O) groups excluding carboxylic acids is 2. The summed E-state index contributed by atoms with van der Waals surface area (Å²) in [4.78, 5) is 41.9. The molecule has 11 heteroatoms. The van der Waals surface area contributed by atoms with Crippen LogP contribution in [0.25, 0.3) is 0 Å². The molecule has 9 nitrogen and oxygen atoms in total. The van der Waals surface area contributed by atoms with Gasteiger partial charge in [0, 0.05) is 54.4 Å². The molecule has 220 valence electrons. The van der Waals surface area contributed by atoms with Crippen molar-refractivity contribution in [2.75, 3.05) is 23.0 Å². The van der Waals surface area contributed by atoms with Crippen molar-refractivity contribution in [3.63, 3.8) is 0 Å². The van der Waals surface area contributed by atoms with Crippen molar-refractivity contribution in [3.8, 4) is 0 Å². The predicted molar refractivity (Wildman–Crippen MR) is 156 cm³/mol. The molecular weight excluding hydrogens is 545 g/mol. The van der Waals surface area contributed by atoms with E-state index in [1.54, 1.807) is 31.0 Å². The molecule has 2 saturated heterocycles. The third-order valence-corrected chi connectivity index (χ3v) is 11.4. The van der Waals surface area contributed by atoms with E-state index in [1.165, 1.54) is 12.1 Å². The van der Waals surface area contributed by atoms with Gasteiger partial charge >= 0.3 is 0 Å². The number of fused-ring (bicyclic) bond motifs is 2. The fourth-order valence-corrected chi connectivity index (χ4v) is 9.68. The van der Waals surface area contributed by atoms with Gasteiger partial charge in [0.2, 0.25) is 14.3 Å². The number of aliphatic hydroxyl groups excluding tert-OH is 1. The van der Waals surface area contributed by atoms with Crippen LogP contribution in [0.5, 0.6) is 0 Å². The minimum absolute atomic E-state index is 0.0860. The SMILES string of the molecule is C[C@H]1[C@H]([Si](C)(C)F)[C@@H](CCO)O[C@]12C(=O)N(Cc1cccc(N3CCCCCCC3=O)c1)c1ccc([N+](=O)[O-])cc12. The summed E-state index contributed by atoms with van der Waals surface area (Å²) in [5, 5.41) is 21.5. The molecule has 3 aliphatic rings. The van der Waals surface area contributed by atoms with Crippen molar-refractivity contribution >= 4 is 37.3 Å². The fraction of sp³-hybridized carbons (Fsp3) is 0.533. The van der Waals surface area contributed by atoms with Crippen molar-refractivity contribution in [1.82, 2.24) is 0 Å². The highest BCUT2D eigenvalue weighted by Crippen LogP contribution is 2.60. The van der Waals surface area contributed by atoms with E-state index in [4.69, 9.17) is 4.74 Å². The zero-order valence-corrected chi connectivity index (χ0v) is 24.8. The lowest BCUT2D eigenvalue weighted by Gasteiger charge is -2.31. The molecule has 0 radical (unpaired) electrons. The summed E-state index contributed by atoms with van der Waals surface area (Å²) in [7, 11) is -3.38. The molecule has 41 heavy (non-hydrogen) atoms. The van der Waals surface area contributed by atoms with Crippen LogP contribution in [0, 0.1) is 16.0 Å². The number of carbonyl (C=O) groups is 2. The number of nitro benzene ring substituents is 1. The summed E-state index contributed by atoms with van der Waals surface area (Å²) < 4.78 is 22.2. The molecular formula is C30H38FN3O6Si. The number of amides is 2. The van der Waals surface area contributed by atoms with Gasteiger partial charge in [-0.25, -0.2) is 0 Å². The van der Waals surface area contributed by atoms with Crippen molar-refractivity contribution in [2.45, 2.75) is 82.3 Å². The maximum atomic E-state index is 15.7. The molecule has 2 aromatic carbocycles. The lowest BCUT2D eigenvalue weighted by Crippen LogP contribution is -2.45. The van der Waals surface area contributed by atoms with Crippen LogP contribution >= 0.6 is 0 Å². The fourth-order valence-electron chi connectivity index (χ4n) is 7.14. The first-order valence-electron chi connectivity index (χ1n) is 14.5. The molecule has 3 heterocycles. The van der Waals surface area contributed by atoms with E-state index in [0.29, 0.717) is 24.2 Å². The van der Waals surface area contributed by atoms with Gasteiger partial charge in [-0.2, -0.15) is 0 Å². The summed E-state index contributed by atoms with van der Waals surface area (Å²) in [5.74, 6) is -0.909. The van der Waals surface area contributed by atoms with E-state index in [0.717, 1.165) is 36.9 Å². The second kappa shape index (κ2) is 11.3. The van der Waals surface area contributed by atoms with Gasteiger partial charge in [0.25, 0.3) is 11.6 Å². The molecule has 5 rings (SSSR count). The van der Waals surface area contributed by atoms with Gasteiger partial charge < -0.3 is 23.8 Å². The Morgan fingerprint density at radius 3 is 2.61 bits per heavy atom. The first-order valence-corrected chi connectivity index (χ1v) is 17.4. The van der Waals surface area contributed by atoms with Gasteiger partial charge in [0.1, 0.15) is 0 Å². The highest BCUT2D eigenvalue weighted by molar-refractivity contribution is 6.72. The number of nitrogens with zero attached hydrogens (tertiary/aromatic N) is 3. The van der Waals surface area contributed by atoms with Crippen molar-refractivity contribution in [3.05, 3.63) is 63.7 Å². The van der Waals surface area contributed by atoms with Crippen LogP contribution in [-0.4, -0.2) is 49.5 Å². The van der Waals surface area contributed by atoms with E-state index in [1.807, 2.05) is 29.2 Å². The summed E-state index contributed by atoms with van der Waals surface area (Å²) in [6, 6.07) is 11.9. The van der Waals surface area contributed by atoms with Crippen LogP contribution in [0.3, 0.4) is 0 Å². The number of hydrogen-bond acceptors (Lipinski definition) is 6. The van der Waals surface area contributed by atoms with E-state index >= 15 is 4.11 Å². The van der Waals surface area contributed by atoms with Gasteiger partial charge in [0.05, 0.1) is 23.3 Å². The van der Waals surface area contributed by atoms with Crippen molar-refractivity contribution in [1.29, 1.82) is 0 Å². The Morgan fingerprint density at radius 2 is 1.90 bits per heavy atom. The molecule has 2 aromatic rings. The highest BCUT2D eigenvalue weighted by atomic mass is 28.4. The molecule has 0 aromatic heterocycles. The van der Waals surface area contributed by atoms with Gasteiger partial charge in [-0.15, -0.1) is 0 Å². The first kappa shape index (κ1) is 29.3. The predicted octanol–water partition coefficient (Wildman–Crippen LogP) is 5.60.